The highest BCUT2D eigenvalue weighted by molar-refractivity contribution is 6.00. The van der Waals surface area contributed by atoms with Crippen LogP contribution in [0.5, 0.6) is 17.2 Å². The molecule has 0 saturated heterocycles. The molecule has 1 aromatic carbocycles. The summed E-state index contributed by atoms with van der Waals surface area (Å²) in [5.41, 5.74) is -0.135. The summed E-state index contributed by atoms with van der Waals surface area (Å²) < 4.78 is 50.3. The first kappa shape index (κ1) is 32.7. The first-order chi connectivity index (χ1) is 18.9. The van der Waals surface area contributed by atoms with Crippen molar-refractivity contribution in [3.05, 3.63) is 47.8 Å². The molecule has 0 bridgehead atoms. The molecule has 0 aliphatic carbocycles. The Labute approximate surface area is 234 Å². The molecule has 0 N–H and O–H groups in total. The molecule has 220 valence electrons. The number of ether oxygens (including phenoxy) is 4. The molecule has 2 aromatic rings. The van der Waals surface area contributed by atoms with E-state index in [1.165, 1.54) is 26.3 Å². The van der Waals surface area contributed by atoms with E-state index in [-0.39, 0.29) is 41.2 Å². The maximum atomic E-state index is 14.4. The van der Waals surface area contributed by atoms with Crippen LogP contribution >= 0.6 is 0 Å². The number of ketones is 1. The summed E-state index contributed by atoms with van der Waals surface area (Å²) in [5, 5.41) is 0. The van der Waals surface area contributed by atoms with Crippen LogP contribution in [0.3, 0.4) is 0 Å². The molecule has 8 nitrogen and oxygen atoms in total. The predicted octanol–water partition coefficient (Wildman–Crippen LogP) is 6.34. The summed E-state index contributed by atoms with van der Waals surface area (Å²) in [4.78, 5) is 42.5. The van der Waals surface area contributed by atoms with Crippen LogP contribution in [0.2, 0.25) is 0 Å². The molecule has 0 aliphatic rings. The number of pyridine rings is 1. The summed E-state index contributed by atoms with van der Waals surface area (Å²) in [7, 11) is 1.37. The number of halogens is 2. The quantitative estimate of drug-likeness (QED) is 0.183. The van der Waals surface area contributed by atoms with Crippen molar-refractivity contribution in [2.24, 2.45) is 17.8 Å². The SMILES string of the molecule is CCC(CC)[C@H](Oc1cc(F)ccc1F)[C@H](C)OC(=O)[C@@H](CC(=O)c1nccc(OC)c1OC(C)=O)CC(C)C. The van der Waals surface area contributed by atoms with E-state index in [0.29, 0.717) is 19.3 Å². The van der Waals surface area contributed by atoms with Gasteiger partial charge in [-0.3, -0.25) is 14.4 Å². The average molecular weight is 564 g/mol. The molecule has 0 fully saturated rings. The smallest absolute Gasteiger partial charge is 0.309 e. The zero-order chi connectivity index (χ0) is 30.0. The highest BCUT2D eigenvalue weighted by Crippen LogP contribution is 2.33. The third kappa shape index (κ3) is 8.99. The van der Waals surface area contributed by atoms with Gasteiger partial charge < -0.3 is 18.9 Å². The average Bonchev–Trinajstić information content (AvgIpc) is 2.89. The Kier molecular flexibility index (Phi) is 12.5. The summed E-state index contributed by atoms with van der Waals surface area (Å²) in [5.74, 6) is -4.36. The van der Waals surface area contributed by atoms with Gasteiger partial charge in [0.25, 0.3) is 0 Å². The van der Waals surface area contributed by atoms with Crippen LogP contribution in [-0.2, 0) is 14.3 Å². The van der Waals surface area contributed by atoms with Crippen LogP contribution in [0.4, 0.5) is 8.78 Å². The number of hydrogen-bond donors (Lipinski definition) is 0. The molecule has 10 heteroatoms. The summed E-state index contributed by atoms with van der Waals surface area (Å²) >= 11 is 0. The second-order valence-electron chi connectivity index (χ2n) is 10.1. The van der Waals surface area contributed by atoms with Crippen LogP contribution in [0.1, 0.15) is 77.7 Å². The summed E-state index contributed by atoms with van der Waals surface area (Å²) in [6, 6.07) is 4.39. The Balaban J connectivity index is 2.31. The van der Waals surface area contributed by atoms with E-state index < -0.39 is 47.5 Å². The molecule has 0 spiro atoms. The van der Waals surface area contributed by atoms with Gasteiger partial charge in [-0.15, -0.1) is 0 Å². The number of carbonyl (C=O) groups is 3. The Morgan fingerprint density at radius 2 is 1.68 bits per heavy atom. The lowest BCUT2D eigenvalue weighted by Gasteiger charge is -2.32. The molecule has 3 atom stereocenters. The minimum Gasteiger partial charge on any atom is -0.493 e. The van der Waals surface area contributed by atoms with Gasteiger partial charge in [0.1, 0.15) is 18.0 Å². The van der Waals surface area contributed by atoms with Gasteiger partial charge in [0.15, 0.2) is 28.8 Å². The standard InChI is InChI=1S/C30H39F2NO7/c1-8-20(9-2)28(40-26-16-22(31)10-11-23(26)32)18(5)38-30(36)21(14-17(3)4)15-24(35)27-29(39-19(6)34)25(37-7)12-13-33-27/h10-13,16-18,20-21,28H,8-9,14-15H2,1-7H3/t18-,21+,28+/m0/s1. The van der Waals surface area contributed by atoms with Crippen molar-refractivity contribution in [3.63, 3.8) is 0 Å². The predicted molar refractivity (Wildman–Crippen MR) is 144 cm³/mol. The van der Waals surface area contributed by atoms with Crippen molar-refractivity contribution in [3.8, 4) is 17.2 Å². The van der Waals surface area contributed by atoms with E-state index in [2.05, 4.69) is 4.98 Å². The molecule has 0 unspecified atom stereocenters. The third-order valence-electron chi connectivity index (χ3n) is 6.55. The topological polar surface area (TPSA) is 101 Å². The fourth-order valence-corrected chi connectivity index (χ4v) is 4.57. The Hall–Kier alpha value is -3.56. The molecule has 0 saturated carbocycles. The minimum atomic E-state index is -0.846. The normalized spacial score (nSPS) is 13.5. The van der Waals surface area contributed by atoms with Crippen LogP contribution in [0, 0.1) is 29.4 Å². The monoisotopic (exact) mass is 563 g/mol. The molecule has 2 rings (SSSR count). The molecule has 40 heavy (non-hydrogen) atoms. The Bertz CT molecular complexity index is 1170. The van der Waals surface area contributed by atoms with Crippen LogP contribution in [0.15, 0.2) is 30.5 Å². The van der Waals surface area contributed by atoms with Gasteiger partial charge in [-0.2, -0.15) is 0 Å². The van der Waals surface area contributed by atoms with Crippen molar-refractivity contribution in [2.75, 3.05) is 7.11 Å². The van der Waals surface area contributed by atoms with Crippen molar-refractivity contribution in [1.29, 1.82) is 0 Å². The summed E-state index contributed by atoms with van der Waals surface area (Å²) in [6.45, 7) is 10.5. The van der Waals surface area contributed by atoms with Crippen molar-refractivity contribution in [2.45, 2.75) is 79.4 Å². The van der Waals surface area contributed by atoms with Gasteiger partial charge in [-0.1, -0.05) is 27.7 Å². The van der Waals surface area contributed by atoms with Crippen LogP contribution < -0.4 is 14.2 Å². The van der Waals surface area contributed by atoms with Gasteiger partial charge in [0.05, 0.1) is 13.0 Å². The zero-order valence-corrected chi connectivity index (χ0v) is 24.2. The van der Waals surface area contributed by atoms with E-state index in [9.17, 15) is 23.2 Å². The largest absolute Gasteiger partial charge is 0.493 e. The van der Waals surface area contributed by atoms with Gasteiger partial charge >= 0.3 is 11.9 Å². The Morgan fingerprint density at radius 3 is 2.25 bits per heavy atom. The number of rotatable bonds is 15. The van der Waals surface area contributed by atoms with E-state index in [1.807, 2.05) is 27.7 Å². The number of aromatic nitrogens is 1. The second kappa shape index (κ2) is 15.3. The highest BCUT2D eigenvalue weighted by atomic mass is 19.1. The maximum absolute atomic E-state index is 14.4. The molecular formula is C30H39F2NO7. The lowest BCUT2D eigenvalue weighted by atomic mass is 9.90. The van der Waals surface area contributed by atoms with Gasteiger partial charge in [-0.05, 0) is 50.2 Å². The lowest BCUT2D eigenvalue weighted by molar-refractivity contribution is -0.160. The number of nitrogens with zero attached hydrogens (tertiary/aromatic N) is 1. The van der Waals surface area contributed by atoms with E-state index in [1.54, 1.807) is 6.92 Å². The van der Waals surface area contributed by atoms with Gasteiger partial charge in [-0.25, -0.2) is 13.8 Å². The van der Waals surface area contributed by atoms with Crippen molar-refractivity contribution < 1.29 is 42.1 Å². The summed E-state index contributed by atoms with van der Waals surface area (Å²) in [6.07, 6.45) is 1.12. The Morgan fingerprint density at radius 1 is 1.00 bits per heavy atom. The first-order valence-electron chi connectivity index (χ1n) is 13.5. The van der Waals surface area contributed by atoms with Crippen molar-refractivity contribution >= 4 is 17.7 Å². The number of Topliss-reactive ketones (excluding diaryl/α,β-unsaturated/α-hetero) is 1. The number of benzene rings is 1. The van der Waals surface area contributed by atoms with Crippen molar-refractivity contribution in [1.82, 2.24) is 4.98 Å². The van der Waals surface area contributed by atoms with Crippen LogP contribution in [0.25, 0.3) is 0 Å². The number of methoxy groups -OCH3 is 1. The number of carbonyl (C=O) groups excluding carboxylic acids is 3. The molecule has 0 amide bonds. The number of hydrogen-bond acceptors (Lipinski definition) is 8. The van der Waals surface area contributed by atoms with E-state index >= 15 is 0 Å². The highest BCUT2D eigenvalue weighted by Gasteiger charge is 2.34. The molecular weight excluding hydrogens is 524 g/mol. The minimum absolute atomic E-state index is 0.0410. The zero-order valence-electron chi connectivity index (χ0n) is 24.2. The van der Waals surface area contributed by atoms with Gasteiger partial charge in [0, 0.05) is 31.7 Å². The first-order valence-corrected chi connectivity index (χ1v) is 13.5. The lowest BCUT2D eigenvalue weighted by Crippen LogP contribution is -2.41. The van der Waals surface area contributed by atoms with E-state index in [0.717, 1.165) is 18.2 Å². The van der Waals surface area contributed by atoms with E-state index in [4.69, 9.17) is 18.9 Å². The molecule has 1 aromatic heterocycles. The molecule has 0 radical (unpaired) electrons. The molecule has 1 heterocycles. The number of esters is 2. The third-order valence-corrected chi connectivity index (χ3v) is 6.55. The second-order valence-corrected chi connectivity index (χ2v) is 10.1. The fourth-order valence-electron chi connectivity index (χ4n) is 4.57. The molecule has 0 aliphatic heterocycles. The van der Waals surface area contributed by atoms with Gasteiger partial charge in [0.2, 0.25) is 5.75 Å². The van der Waals surface area contributed by atoms with Crippen LogP contribution in [-0.4, -0.2) is 42.0 Å². The maximum Gasteiger partial charge on any atom is 0.309 e. The fraction of sp³-hybridized carbons (Fsp3) is 0.533.